The molecule has 1 aromatic heterocycles. The maximum Gasteiger partial charge on any atom is 0.235 e. The molecule has 206 valence electrons. The molecular formula is C32H38N2O5. The summed E-state index contributed by atoms with van der Waals surface area (Å²) < 4.78 is 6.34. The van der Waals surface area contributed by atoms with Crippen LogP contribution in [0.5, 0.6) is 0 Å². The highest BCUT2D eigenvalue weighted by molar-refractivity contribution is 6.13. The van der Waals surface area contributed by atoms with Gasteiger partial charge in [-0.05, 0) is 67.9 Å². The predicted octanol–water partition coefficient (Wildman–Crippen LogP) is 3.62. The van der Waals surface area contributed by atoms with Crippen LogP contribution in [-0.4, -0.2) is 56.8 Å². The molecule has 3 heterocycles. The summed E-state index contributed by atoms with van der Waals surface area (Å²) in [5.41, 5.74) is 0.987. The van der Waals surface area contributed by atoms with Crippen LogP contribution >= 0.6 is 0 Å². The first kappa shape index (κ1) is 26.2. The Kier molecular flexibility index (Phi) is 6.25. The van der Waals surface area contributed by atoms with Crippen molar-refractivity contribution in [1.82, 2.24) is 10.3 Å². The highest BCUT2D eigenvalue weighted by atomic mass is 16.6. The van der Waals surface area contributed by atoms with E-state index in [1.54, 1.807) is 6.92 Å². The van der Waals surface area contributed by atoms with Crippen molar-refractivity contribution in [3.05, 3.63) is 72.0 Å². The summed E-state index contributed by atoms with van der Waals surface area (Å²) in [5, 5.41) is 25.7. The van der Waals surface area contributed by atoms with Crippen LogP contribution in [-0.2, 0) is 20.7 Å². The highest BCUT2D eigenvalue weighted by Crippen LogP contribution is 2.66. The van der Waals surface area contributed by atoms with Crippen LogP contribution in [0, 0.1) is 29.1 Å². The number of hydrogen-bond donors (Lipinski definition) is 4. The zero-order chi connectivity index (χ0) is 27.7. The number of amides is 1. The first-order valence-corrected chi connectivity index (χ1v) is 14.1. The summed E-state index contributed by atoms with van der Waals surface area (Å²) >= 11 is 0. The largest absolute Gasteiger partial charge is 0.386 e. The Morgan fingerprint density at radius 3 is 2.69 bits per heavy atom. The number of para-hydroxylation sites is 1. The number of carbonyl (C=O) groups excluding carboxylic acids is 2. The van der Waals surface area contributed by atoms with Gasteiger partial charge in [-0.15, -0.1) is 0 Å². The molecule has 0 radical (unpaired) electrons. The van der Waals surface area contributed by atoms with Gasteiger partial charge in [-0.25, -0.2) is 0 Å². The van der Waals surface area contributed by atoms with Gasteiger partial charge < -0.3 is 25.3 Å². The first-order chi connectivity index (χ1) is 18.6. The Morgan fingerprint density at radius 1 is 1.13 bits per heavy atom. The second-order valence-electron chi connectivity index (χ2n) is 12.3. The zero-order valence-electron chi connectivity index (χ0n) is 22.9. The second-order valence-corrected chi connectivity index (χ2v) is 12.3. The molecule has 0 unspecified atom stereocenters. The van der Waals surface area contributed by atoms with E-state index < -0.39 is 29.1 Å². The van der Waals surface area contributed by atoms with E-state index in [2.05, 4.69) is 30.2 Å². The number of aliphatic hydroxyl groups excluding tert-OH is 2. The van der Waals surface area contributed by atoms with Crippen LogP contribution in [0.4, 0.5) is 0 Å². The molecule has 4 aliphatic rings. The van der Waals surface area contributed by atoms with Crippen molar-refractivity contribution < 1.29 is 24.5 Å². The van der Waals surface area contributed by atoms with Gasteiger partial charge in [0.05, 0.1) is 11.7 Å². The Labute approximate surface area is 229 Å². The number of H-pyrrole nitrogens is 1. The summed E-state index contributed by atoms with van der Waals surface area (Å²) in [5.74, 6) is -1.33. The zero-order valence-corrected chi connectivity index (χ0v) is 22.9. The van der Waals surface area contributed by atoms with Crippen LogP contribution in [0.15, 0.2) is 66.4 Å². The quantitative estimate of drug-likeness (QED) is 0.269. The summed E-state index contributed by atoms with van der Waals surface area (Å²) in [6.45, 7) is 8.03. The van der Waals surface area contributed by atoms with Crippen LogP contribution in [0.1, 0.15) is 39.7 Å². The maximum absolute atomic E-state index is 14.3. The molecule has 10 atom stereocenters. The molecule has 7 nitrogen and oxygen atoms in total. The van der Waals surface area contributed by atoms with Crippen LogP contribution in [0.25, 0.3) is 10.9 Å². The maximum atomic E-state index is 14.3. The van der Waals surface area contributed by atoms with E-state index in [0.717, 1.165) is 16.5 Å². The number of fused-ring (bicyclic) bond motifs is 3. The summed E-state index contributed by atoms with van der Waals surface area (Å²) in [4.78, 5) is 31.8. The van der Waals surface area contributed by atoms with Gasteiger partial charge in [-0.3, -0.25) is 9.59 Å². The molecule has 1 aromatic carbocycles. The van der Waals surface area contributed by atoms with Gasteiger partial charge in [-0.2, -0.15) is 0 Å². The van der Waals surface area contributed by atoms with Crippen molar-refractivity contribution in [3.8, 4) is 0 Å². The topological polar surface area (TPSA) is 115 Å². The van der Waals surface area contributed by atoms with E-state index in [9.17, 15) is 19.8 Å². The first-order valence-electron chi connectivity index (χ1n) is 14.1. The van der Waals surface area contributed by atoms with Crippen molar-refractivity contribution >= 4 is 22.6 Å². The molecule has 2 aliphatic carbocycles. The van der Waals surface area contributed by atoms with Crippen LogP contribution < -0.4 is 5.32 Å². The molecule has 1 saturated carbocycles. The van der Waals surface area contributed by atoms with Crippen molar-refractivity contribution in [1.29, 1.82) is 0 Å². The number of ketones is 1. The fourth-order valence-electron chi connectivity index (χ4n) is 7.76. The Hall–Kier alpha value is -3.00. The molecule has 4 N–H and O–H groups in total. The third kappa shape index (κ3) is 3.89. The van der Waals surface area contributed by atoms with Gasteiger partial charge in [-0.1, -0.05) is 50.3 Å². The molecule has 6 rings (SSSR count). The fraction of sp³-hybridized carbons (Fsp3) is 0.500. The summed E-state index contributed by atoms with van der Waals surface area (Å²) in [6.07, 6.45) is 9.31. The SMILES string of the molecule is C/C1=C/[C@@H](C)C/C=C\[C@H]2[C@@H]3O[C@]3(C)[C@@H](C)[C@H]3[C@H](Cc4c[nH]c5ccccc45)NC(=O)[C@@]32C(=O)/C=C\[C@H](O)[C@@H]1O. The third-order valence-electron chi connectivity index (χ3n) is 9.99. The van der Waals surface area contributed by atoms with E-state index in [0.29, 0.717) is 18.4 Å². The van der Waals surface area contributed by atoms with E-state index in [1.807, 2.05) is 49.5 Å². The average Bonchev–Trinajstić information content (AvgIpc) is 3.31. The number of aromatic nitrogens is 1. The average molecular weight is 531 g/mol. The summed E-state index contributed by atoms with van der Waals surface area (Å²) in [7, 11) is 0. The lowest BCUT2D eigenvalue weighted by atomic mass is 9.51. The molecule has 39 heavy (non-hydrogen) atoms. The van der Waals surface area contributed by atoms with Gasteiger partial charge in [0, 0.05) is 35.0 Å². The number of hydrogen-bond acceptors (Lipinski definition) is 5. The number of nitrogens with one attached hydrogen (secondary N) is 2. The highest BCUT2D eigenvalue weighted by Gasteiger charge is 2.78. The van der Waals surface area contributed by atoms with Crippen molar-refractivity contribution in [3.63, 3.8) is 0 Å². The van der Waals surface area contributed by atoms with E-state index in [1.165, 1.54) is 12.2 Å². The van der Waals surface area contributed by atoms with Crippen LogP contribution in [0.3, 0.4) is 0 Å². The number of ether oxygens (including phenoxy) is 1. The monoisotopic (exact) mass is 530 g/mol. The second kappa shape index (κ2) is 9.29. The number of benzene rings is 1. The Balaban J connectivity index is 1.46. The minimum atomic E-state index is -1.37. The van der Waals surface area contributed by atoms with E-state index in [-0.39, 0.29) is 41.6 Å². The molecule has 3 fully saturated rings. The Morgan fingerprint density at radius 2 is 1.90 bits per heavy atom. The smallest absolute Gasteiger partial charge is 0.235 e. The predicted molar refractivity (Wildman–Crippen MR) is 149 cm³/mol. The lowest BCUT2D eigenvalue weighted by Crippen LogP contribution is -2.58. The lowest BCUT2D eigenvalue weighted by molar-refractivity contribution is -0.145. The fourth-order valence-corrected chi connectivity index (χ4v) is 7.76. The molecule has 2 saturated heterocycles. The number of carbonyl (C=O) groups is 2. The van der Waals surface area contributed by atoms with Gasteiger partial charge in [0.15, 0.2) is 5.78 Å². The molecule has 1 amide bonds. The normalized spacial score (nSPS) is 44.9. The molecular weight excluding hydrogens is 492 g/mol. The van der Waals surface area contributed by atoms with Gasteiger partial charge >= 0.3 is 0 Å². The van der Waals surface area contributed by atoms with Gasteiger partial charge in [0.1, 0.15) is 17.6 Å². The van der Waals surface area contributed by atoms with E-state index >= 15 is 0 Å². The minimum absolute atomic E-state index is 0.0623. The molecule has 1 spiro atoms. The number of allylic oxidation sites excluding steroid dienone is 3. The standard InChI is InChI=1S/C32H38N2O5/c1-17-8-7-10-22-29-31(4,39-29)19(3)27-24(15-20-16-33-23-11-6-5-9-21(20)23)34-30(38)32(22,27)26(36)13-12-25(35)28(37)18(2)14-17/h5-7,9-14,16-17,19,22,24-25,27-29,33,35,37H,8,15H2,1-4H3,(H,34,38)/b10-7-,13-12-,18-14-/t17-,19-,22-,24-,25-,27-,28+,29-,31+,32-/m0/s1. The van der Waals surface area contributed by atoms with Crippen molar-refractivity contribution in [2.24, 2.45) is 29.1 Å². The number of rotatable bonds is 2. The minimum Gasteiger partial charge on any atom is -0.386 e. The number of aliphatic hydroxyl groups is 2. The summed E-state index contributed by atoms with van der Waals surface area (Å²) in [6, 6.07) is 7.82. The molecule has 0 bridgehead atoms. The van der Waals surface area contributed by atoms with Gasteiger partial charge in [0.25, 0.3) is 0 Å². The number of epoxide rings is 1. The third-order valence-corrected chi connectivity index (χ3v) is 9.99. The van der Waals surface area contributed by atoms with Crippen molar-refractivity contribution in [2.45, 2.75) is 70.5 Å². The van der Waals surface area contributed by atoms with Gasteiger partial charge in [0.2, 0.25) is 5.91 Å². The Bertz CT molecular complexity index is 1410. The molecule has 2 aromatic rings. The van der Waals surface area contributed by atoms with Crippen LogP contribution in [0.2, 0.25) is 0 Å². The van der Waals surface area contributed by atoms with E-state index in [4.69, 9.17) is 4.74 Å². The molecule has 7 heteroatoms. The number of aromatic amines is 1. The van der Waals surface area contributed by atoms with Crippen molar-refractivity contribution in [2.75, 3.05) is 0 Å². The lowest BCUT2D eigenvalue weighted by Gasteiger charge is -2.45. The molecule has 2 aliphatic heterocycles.